The third kappa shape index (κ3) is 6.47. The van der Waals surface area contributed by atoms with E-state index in [4.69, 9.17) is 9.47 Å². The molecule has 238 valence electrons. The molecule has 6 atom stereocenters. The molecule has 0 unspecified atom stereocenters. The molecule has 2 fully saturated rings. The van der Waals surface area contributed by atoms with Crippen LogP contribution in [0.3, 0.4) is 0 Å². The zero-order chi connectivity index (χ0) is 31.1. The third-order valence-electron chi connectivity index (χ3n) is 9.25. The molecule has 0 saturated carbocycles. The first kappa shape index (κ1) is 31.9. The molecule has 10 nitrogen and oxygen atoms in total. The van der Waals surface area contributed by atoms with Gasteiger partial charge in [-0.2, -0.15) is 0 Å². The Labute approximate surface area is 259 Å². The van der Waals surface area contributed by atoms with Gasteiger partial charge in [-0.15, -0.1) is 0 Å². The minimum absolute atomic E-state index is 0.0422. The Kier molecular flexibility index (Phi) is 10.5. The molecule has 0 aromatic heterocycles. The van der Waals surface area contributed by atoms with Gasteiger partial charge >= 0.3 is 5.97 Å². The zero-order valence-electron chi connectivity index (χ0n) is 25.6. The van der Waals surface area contributed by atoms with E-state index in [1.165, 1.54) is 0 Å². The first-order chi connectivity index (χ1) is 21.4. The second-order valence-electron chi connectivity index (χ2n) is 12.2. The van der Waals surface area contributed by atoms with Crippen LogP contribution in [0.15, 0.2) is 54.6 Å². The van der Waals surface area contributed by atoms with E-state index < -0.39 is 35.6 Å². The van der Waals surface area contributed by atoms with E-state index in [1.807, 2.05) is 54.6 Å². The quantitative estimate of drug-likeness (QED) is 0.238. The summed E-state index contributed by atoms with van der Waals surface area (Å²) in [5, 5.41) is 12.4. The van der Waals surface area contributed by atoms with Crippen molar-refractivity contribution in [1.29, 1.82) is 0 Å². The van der Waals surface area contributed by atoms with Gasteiger partial charge in [0.2, 0.25) is 17.7 Å². The van der Waals surface area contributed by atoms with E-state index in [9.17, 15) is 24.3 Å². The van der Waals surface area contributed by atoms with Gasteiger partial charge < -0.3 is 29.7 Å². The average Bonchev–Trinajstić information content (AvgIpc) is 3.67. The highest BCUT2D eigenvalue weighted by Crippen LogP contribution is 2.55. The van der Waals surface area contributed by atoms with Gasteiger partial charge in [-0.1, -0.05) is 74.4 Å². The summed E-state index contributed by atoms with van der Waals surface area (Å²) in [6.07, 6.45) is 12.2. The molecule has 3 amide bonds. The first-order valence-electron chi connectivity index (χ1n) is 16.1. The molecular weight excluding hydrogens is 562 g/mol. The number of nitrogens with one attached hydrogen (secondary N) is 1. The highest BCUT2D eigenvalue weighted by molar-refractivity contribution is 6.00. The van der Waals surface area contributed by atoms with Crippen LogP contribution < -0.4 is 5.32 Å². The lowest BCUT2D eigenvalue weighted by molar-refractivity contribution is -0.148. The maximum atomic E-state index is 14.5. The van der Waals surface area contributed by atoms with Crippen LogP contribution in [0.4, 0.5) is 0 Å². The summed E-state index contributed by atoms with van der Waals surface area (Å²) in [6, 6.07) is 7.79. The summed E-state index contributed by atoms with van der Waals surface area (Å²) in [7, 11) is 0. The molecule has 10 heteroatoms. The van der Waals surface area contributed by atoms with Crippen LogP contribution in [-0.4, -0.2) is 89.2 Å². The van der Waals surface area contributed by atoms with E-state index in [0.29, 0.717) is 45.3 Å². The molecule has 2 saturated heterocycles. The van der Waals surface area contributed by atoms with Crippen LogP contribution in [0.25, 0.3) is 0 Å². The number of amides is 3. The Bertz CT molecular complexity index is 1250. The maximum absolute atomic E-state index is 14.5. The van der Waals surface area contributed by atoms with Crippen LogP contribution in [0.2, 0.25) is 0 Å². The molecule has 2 N–H and O–H groups in total. The van der Waals surface area contributed by atoms with Crippen LogP contribution in [0.5, 0.6) is 0 Å². The number of aliphatic hydroxyl groups excluding tert-OH is 1. The third-order valence-corrected chi connectivity index (χ3v) is 9.25. The predicted octanol–water partition coefficient (Wildman–Crippen LogP) is 3.07. The Hall–Kier alpha value is -3.50. The van der Waals surface area contributed by atoms with Gasteiger partial charge in [-0.05, 0) is 37.7 Å². The number of aliphatic hydroxyl groups is 1. The summed E-state index contributed by atoms with van der Waals surface area (Å²) in [4.78, 5) is 58.8. The fraction of sp³-hybridized carbons (Fsp3) is 0.588. The minimum atomic E-state index is -1.24. The van der Waals surface area contributed by atoms with E-state index in [1.54, 1.807) is 9.80 Å². The number of carbonyl (C=O) groups excluding carboxylic acids is 4. The molecule has 0 aliphatic carbocycles. The van der Waals surface area contributed by atoms with Gasteiger partial charge in [0.1, 0.15) is 18.2 Å². The SMILES string of the molecule is CCCCCN1C/C=C\CCC(=O)OC[C@@H](c2ccccc2)NC(=O)[C@@H]2[C@@H]3C=C[C@]4(O3)[C@H](C1=O)N(CCCCCO)C(=O)[C@@H]24. The summed E-state index contributed by atoms with van der Waals surface area (Å²) in [5.41, 5.74) is -0.465. The number of ether oxygens (including phenoxy) is 2. The first-order valence-corrected chi connectivity index (χ1v) is 16.1. The molecule has 5 rings (SSSR count). The summed E-state index contributed by atoms with van der Waals surface area (Å²) < 4.78 is 12.1. The monoisotopic (exact) mass is 607 g/mol. The Morgan fingerprint density at radius 2 is 1.77 bits per heavy atom. The van der Waals surface area contributed by atoms with Crippen LogP contribution in [0, 0.1) is 11.8 Å². The van der Waals surface area contributed by atoms with Gasteiger partial charge in [0.05, 0.1) is 24.0 Å². The molecule has 4 aliphatic heterocycles. The second kappa shape index (κ2) is 14.5. The van der Waals surface area contributed by atoms with Gasteiger partial charge in [-0.3, -0.25) is 19.2 Å². The van der Waals surface area contributed by atoms with Crippen molar-refractivity contribution in [3.63, 3.8) is 0 Å². The summed E-state index contributed by atoms with van der Waals surface area (Å²) in [5.74, 6) is -2.89. The van der Waals surface area contributed by atoms with E-state index >= 15 is 0 Å². The maximum Gasteiger partial charge on any atom is 0.306 e. The average molecular weight is 608 g/mol. The molecule has 5 bridgehead atoms. The summed E-state index contributed by atoms with van der Waals surface area (Å²) in [6.45, 7) is 3.33. The van der Waals surface area contributed by atoms with Crippen molar-refractivity contribution >= 4 is 23.7 Å². The number of nitrogens with zero attached hydrogens (tertiary/aromatic N) is 2. The number of unbranched alkanes of at least 4 members (excludes halogenated alkanes) is 4. The van der Waals surface area contributed by atoms with Gasteiger partial charge in [0.25, 0.3) is 0 Å². The van der Waals surface area contributed by atoms with Gasteiger partial charge in [0.15, 0.2) is 0 Å². The topological polar surface area (TPSA) is 125 Å². The Balaban J connectivity index is 1.51. The van der Waals surface area contributed by atoms with Crippen LogP contribution in [-0.2, 0) is 28.7 Å². The van der Waals surface area contributed by atoms with Crippen molar-refractivity contribution in [2.24, 2.45) is 11.8 Å². The lowest BCUT2D eigenvalue weighted by atomic mass is 9.74. The standard InChI is InChI=1S/C34H45N3O7/c1-2-3-10-19-36-20-11-5-9-16-27(39)43-23-25(24-14-7-4-8-15-24)35-31(40)28-26-17-18-34(44-26)29(28)32(41)37(30(34)33(36)42)21-12-6-13-22-38/h4-5,7-8,11,14-15,17-18,25-26,28-30,38H,2-3,6,9-10,12-13,16,19-23H2,1H3,(H,35,40)/b11-5-/t25-,26-,28+,29+,30-,34+/m0/s1. The number of esters is 1. The van der Waals surface area contributed by atoms with Crippen LogP contribution in [0.1, 0.15) is 69.9 Å². The molecule has 1 aromatic rings. The number of allylic oxidation sites excluding steroid dienone is 1. The van der Waals surface area contributed by atoms with E-state index in [2.05, 4.69) is 12.2 Å². The molecule has 4 aliphatic rings. The largest absolute Gasteiger partial charge is 0.463 e. The van der Waals surface area contributed by atoms with Crippen molar-refractivity contribution in [2.75, 3.05) is 32.8 Å². The molecule has 1 aromatic carbocycles. The Morgan fingerprint density at radius 3 is 2.55 bits per heavy atom. The number of fused-ring (bicyclic) bond motifs is 2. The van der Waals surface area contributed by atoms with Crippen molar-refractivity contribution < 1.29 is 33.8 Å². The van der Waals surface area contributed by atoms with Gasteiger partial charge in [0, 0.05) is 32.7 Å². The normalized spacial score (nSPS) is 31.3. The number of hydrogen-bond donors (Lipinski definition) is 2. The van der Waals surface area contributed by atoms with E-state index in [-0.39, 0.29) is 43.3 Å². The number of rotatable bonds is 10. The Morgan fingerprint density at radius 1 is 0.977 bits per heavy atom. The summed E-state index contributed by atoms with van der Waals surface area (Å²) >= 11 is 0. The zero-order valence-corrected chi connectivity index (χ0v) is 25.6. The highest BCUT2D eigenvalue weighted by Gasteiger charge is 2.73. The van der Waals surface area contributed by atoms with Crippen LogP contribution >= 0.6 is 0 Å². The van der Waals surface area contributed by atoms with Crippen molar-refractivity contribution in [2.45, 2.75) is 82.1 Å². The fourth-order valence-corrected chi connectivity index (χ4v) is 7.02. The number of carbonyl (C=O) groups is 4. The van der Waals surface area contributed by atoms with E-state index in [0.717, 1.165) is 24.8 Å². The van der Waals surface area contributed by atoms with Gasteiger partial charge in [-0.25, -0.2) is 0 Å². The molecule has 44 heavy (non-hydrogen) atoms. The fourth-order valence-electron chi connectivity index (χ4n) is 7.02. The smallest absolute Gasteiger partial charge is 0.306 e. The van der Waals surface area contributed by atoms with Crippen molar-refractivity contribution in [3.05, 3.63) is 60.2 Å². The number of cyclic esters (lactones) is 1. The number of likely N-dealkylation sites (tertiary alicyclic amines) is 1. The number of benzene rings is 1. The lowest BCUT2D eigenvalue weighted by Gasteiger charge is -2.36. The second-order valence-corrected chi connectivity index (χ2v) is 12.2. The molecular formula is C34H45N3O7. The highest BCUT2D eigenvalue weighted by atomic mass is 16.5. The lowest BCUT2D eigenvalue weighted by Crippen LogP contribution is -2.56. The van der Waals surface area contributed by atoms with Crippen molar-refractivity contribution in [3.8, 4) is 0 Å². The predicted molar refractivity (Wildman–Crippen MR) is 163 cm³/mol. The molecule has 1 spiro atoms. The molecule has 0 radical (unpaired) electrons. The minimum Gasteiger partial charge on any atom is -0.463 e. The number of hydrogen-bond acceptors (Lipinski definition) is 7. The molecule has 4 heterocycles. The van der Waals surface area contributed by atoms with Crippen molar-refractivity contribution in [1.82, 2.24) is 15.1 Å².